The van der Waals surface area contributed by atoms with E-state index >= 15 is 0 Å². The molecule has 0 atom stereocenters. The number of hydrogen-bond acceptors (Lipinski definition) is 8. The van der Waals surface area contributed by atoms with Gasteiger partial charge in [0.2, 0.25) is 15.9 Å². The Morgan fingerprint density at radius 1 is 1.05 bits per heavy atom. The first kappa shape index (κ1) is 27.2. The summed E-state index contributed by atoms with van der Waals surface area (Å²) in [4.78, 5) is 30.7. The molecule has 0 aliphatic heterocycles. The fourth-order valence-corrected chi connectivity index (χ4v) is 5.10. The zero-order valence-corrected chi connectivity index (χ0v) is 22.3. The van der Waals surface area contributed by atoms with E-state index in [-0.39, 0.29) is 28.7 Å². The van der Waals surface area contributed by atoms with Crippen LogP contribution in [-0.2, 0) is 27.8 Å². The third-order valence-corrected chi connectivity index (χ3v) is 7.62. The van der Waals surface area contributed by atoms with Gasteiger partial charge in [0.05, 0.1) is 41.5 Å². The van der Waals surface area contributed by atoms with Crippen LogP contribution in [0.5, 0.6) is 11.5 Å². The van der Waals surface area contributed by atoms with Crippen LogP contribution in [0.4, 0.5) is 5.69 Å². The van der Waals surface area contributed by atoms with Crippen molar-refractivity contribution in [2.75, 3.05) is 25.3 Å². The summed E-state index contributed by atoms with van der Waals surface area (Å²) < 4.78 is 35.1. The topological polar surface area (TPSA) is 143 Å². The number of primary sulfonamides is 1. The number of sulfonamides is 1. The van der Waals surface area contributed by atoms with Crippen LogP contribution in [-0.4, -0.2) is 43.8 Å². The first-order valence-electron chi connectivity index (χ1n) is 11.5. The highest BCUT2D eigenvalue weighted by Crippen LogP contribution is 2.29. The highest BCUT2D eigenvalue weighted by molar-refractivity contribution is 7.99. The molecular weight excluding hydrogens is 528 g/mol. The molecule has 0 unspecified atom stereocenters. The SMILES string of the molecule is COc1ccc(NC(=O)CSc2nc3ccccc3c(=O)n2CCc2ccc(S(N)(=O)=O)cc2)c(OC)c1. The zero-order chi connectivity index (χ0) is 27.3. The number of nitrogens with one attached hydrogen (secondary N) is 1. The minimum absolute atomic E-state index is 0.00300. The molecule has 198 valence electrons. The van der Waals surface area contributed by atoms with Gasteiger partial charge < -0.3 is 14.8 Å². The normalized spacial score (nSPS) is 11.3. The van der Waals surface area contributed by atoms with Gasteiger partial charge in [0.25, 0.3) is 5.56 Å². The Hall–Kier alpha value is -3.87. The number of amides is 1. The summed E-state index contributed by atoms with van der Waals surface area (Å²) in [6.07, 6.45) is 0.438. The van der Waals surface area contributed by atoms with Crippen LogP contribution in [0, 0.1) is 0 Å². The number of para-hydroxylation sites is 1. The average Bonchev–Trinajstić information content (AvgIpc) is 2.91. The number of benzene rings is 3. The lowest BCUT2D eigenvalue weighted by Gasteiger charge is -2.14. The molecule has 4 aromatic rings. The molecule has 0 bridgehead atoms. The summed E-state index contributed by atoms with van der Waals surface area (Å²) in [5, 5.41) is 8.85. The maximum atomic E-state index is 13.3. The van der Waals surface area contributed by atoms with Crippen molar-refractivity contribution >= 4 is 44.3 Å². The Morgan fingerprint density at radius 3 is 2.47 bits per heavy atom. The zero-order valence-electron chi connectivity index (χ0n) is 20.7. The van der Waals surface area contributed by atoms with Gasteiger partial charge in [-0.1, -0.05) is 36.0 Å². The number of aryl methyl sites for hydroxylation is 1. The summed E-state index contributed by atoms with van der Waals surface area (Å²) in [5.41, 5.74) is 1.62. The molecule has 0 radical (unpaired) electrons. The van der Waals surface area contributed by atoms with Gasteiger partial charge in [-0.15, -0.1) is 0 Å². The van der Waals surface area contributed by atoms with Crippen LogP contribution >= 0.6 is 11.8 Å². The molecule has 3 N–H and O–H groups in total. The number of thioether (sulfide) groups is 1. The highest BCUT2D eigenvalue weighted by atomic mass is 32.2. The van der Waals surface area contributed by atoms with Crippen LogP contribution in [0.1, 0.15) is 5.56 Å². The van der Waals surface area contributed by atoms with Crippen LogP contribution in [0.15, 0.2) is 81.6 Å². The third kappa shape index (κ3) is 6.33. The minimum Gasteiger partial charge on any atom is -0.497 e. The molecule has 1 heterocycles. The summed E-state index contributed by atoms with van der Waals surface area (Å²) in [7, 11) is -0.751. The van der Waals surface area contributed by atoms with Gasteiger partial charge in [0.15, 0.2) is 5.16 Å². The molecule has 0 saturated heterocycles. The predicted molar refractivity (Wildman–Crippen MR) is 146 cm³/mol. The molecule has 38 heavy (non-hydrogen) atoms. The van der Waals surface area contributed by atoms with Gasteiger partial charge in [-0.05, 0) is 48.4 Å². The lowest BCUT2D eigenvalue weighted by molar-refractivity contribution is -0.113. The average molecular weight is 555 g/mol. The van der Waals surface area contributed by atoms with E-state index < -0.39 is 10.0 Å². The lowest BCUT2D eigenvalue weighted by atomic mass is 10.1. The molecule has 0 aliphatic carbocycles. The number of carbonyl (C=O) groups excluding carboxylic acids is 1. The Kier molecular flexibility index (Phi) is 8.35. The molecule has 0 aliphatic rings. The van der Waals surface area contributed by atoms with Crippen molar-refractivity contribution < 1.29 is 22.7 Å². The van der Waals surface area contributed by atoms with E-state index in [1.54, 1.807) is 61.7 Å². The number of anilines is 1. The van der Waals surface area contributed by atoms with Gasteiger partial charge in [0, 0.05) is 12.6 Å². The Labute approximate surface area is 223 Å². The van der Waals surface area contributed by atoms with E-state index in [4.69, 9.17) is 14.6 Å². The van der Waals surface area contributed by atoms with Crippen molar-refractivity contribution in [3.63, 3.8) is 0 Å². The van der Waals surface area contributed by atoms with Crippen molar-refractivity contribution in [1.29, 1.82) is 0 Å². The lowest BCUT2D eigenvalue weighted by Crippen LogP contribution is -2.25. The highest BCUT2D eigenvalue weighted by Gasteiger charge is 2.15. The number of methoxy groups -OCH3 is 2. The van der Waals surface area contributed by atoms with Crippen molar-refractivity contribution in [3.8, 4) is 11.5 Å². The summed E-state index contributed by atoms with van der Waals surface area (Å²) in [6.45, 7) is 0.279. The van der Waals surface area contributed by atoms with Gasteiger partial charge >= 0.3 is 0 Å². The Balaban J connectivity index is 1.54. The van der Waals surface area contributed by atoms with E-state index in [0.29, 0.717) is 39.7 Å². The van der Waals surface area contributed by atoms with Gasteiger partial charge in [0.1, 0.15) is 11.5 Å². The van der Waals surface area contributed by atoms with Crippen LogP contribution < -0.4 is 25.5 Å². The van der Waals surface area contributed by atoms with Crippen molar-refractivity contribution in [1.82, 2.24) is 9.55 Å². The number of hydrogen-bond donors (Lipinski definition) is 2. The number of nitrogens with zero attached hydrogens (tertiary/aromatic N) is 2. The molecule has 10 nitrogen and oxygen atoms in total. The summed E-state index contributed by atoms with van der Waals surface area (Å²) in [6, 6.07) is 18.3. The molecule has 4 rings (SSSR count). The van der Waals surface area contributed by atoms with Crippen LogP contribution in [0.25, 0.3) is 10.9 Å². The van der Waals surface area contributed by atoms with Gasteiger partial charge in [-0.2, -0.15) is 0 Å². The molecule has 0 saturated carbocycles. The summed E-state index contributed by atoms with van der Waals surface area (Å²) in [5.74, 6) is 0.754. The predicted octanol–water partition coefficient (Wildman–Crippen LogP) is 3.03. The molecule has 0 spiro atoms. The van der Waals surface area contributed by atoms with Crippen molar-refractivity contribution in [2.24, 2.45) is 5.14 Å². The molecular formula is C26H26N4O6S2. The van der Waals surface area contributed by atoms with E-state index in [1.807, 2.05) is 0 Å². The number of nitrogens with two attached hydrogens (primary N) is 1. The number of fused-ring (bicyclic) bond motifs is 1. The quantitative estimate of drug-likeness (QED) is 0.225. The number of ether oxygens (including phenoxy) is 2. The van der Waals surface area contributed by atoms with Crippen LogP contribution in [0.3, 0.4) is 0 Å². The molecule has 1 aromatic heterocycles. The van der Waals surface area contributed by atoms with Crippen molar-refractivity contribution in [2.45, 2.75) is 23.0 Å². The van der Waals surface area contributed by atoms with Crippen LogP contribution in [0.2, 0.25) is 0 Å². The summed E-state index contributed by atoms with van der Waals surface area (Å²) >= 11 is 1.14. The Bertz CT molecular complexity index is 1640. The Morgan fingerprint density at radius 2 is 1.79 bits per heavy atom. The number of rotatable bonds is 10. The van der Waals surface area contributed by atoms with E-state index in [2.05, 4.69) is 10.3 Å². The minimum atomic E-state index is -3.79. The first-order chi connectivity index (χ1) is 18.2. The maximum absolute atomic E-state index is 13.3. The molecule has 3 aromatic carbocycles. The van der Waals surface area contributed by atoms with E-state index in [9.17, 15) is 18.0 Å². The molecule has 0 fully saturated rings. The van der Waals surface area contributed by atoms with E-state index in [1.165, 1.54) is 23.8 Å². The number of carbonyl (C=O) groups is 1. The number of aromatic nitrogens is 2. The van der Waals surface area contributed by atoms with Gasteiger partial charge in [-0.3, -0.25) is 14.2 Å². The fraction of sp³-hybridized carbons (Fsp3) is 0.192. The smallest absolute Gasteiger partial charge is 0.262 e. The maximum Gasteiger partial charge on any atom is 0.262 e. The fourth-order valence-electron chi connectivity index (χ4n) is 3.76. The van der Waals surface area contributed by atoms with Crippen molar-refractivity contribution in [3.05, 3.63) is 82.6 Å². The second-order valence-electron chi connectivity index (χ2n) is 8.21. The second kappa shape index (κ2) is 11.7. The van der Waals surface area contributed by atoms with E-state index in [0.717, 1.165) is 17.3 Å². The first-order valence-corrected chi connectivity index (χ1v) is 14.0. The van der Waals surface area contributed by atoms with Gasteiger partial charge in [-0.25, -0.2) is 18.5 Å². The second-order valence-corrected chi connectivity index (χ2v) is 10.7. The molecule has 12 heteroatoms. The monoisotopic (exact) mass is 554 g/mol. The standard InChI is InChI=1S/C26H26N4O6S2/c1-35-18-9-12-22(23(15-18)36-2)28-24(31)16-37-26-29-21-6-4-3-5-20(21)25(32)30(26)14-13-17-7-10-19(11-8-17)38(27,33)34/h3-12,15H,13-14,16H2,1-2H3,(H,28,31)(H2,27,33,34). The molecule has 1 amide bonds. The third-order valence-electron chi connectivity index (χ3n) is 5.72. The largest absolute Gasteiger partial charge is 0.497 e.